The molecule has 0 radical (unpaired) electrons. The summed E-state index contributed by atoms with van der Waals surface area (Å²) in [6.45, 7) is 0.641. The van der Waals surface area contributed by atoms with E-state index in [1.54, 1.807) is 6.07 Å². The molecule has 1 aromatic rings. The molecule has 1 heterocycles. The summed E-state index contributed by atoms with van der Waals surface area (Å²) >= 11 is 3.34. The third kappa shape index (κ3) is 3.14. The van der Waals surface area contributed by atoms with E-state index >= 15 is 0 Å². The van der Waals surface area contributed by atoms with Gasteiger partial charge < -0.3 is 4.74 Å². The average molecular weight is 261 g/mol. The smallest absolute Gasteiger partial charge is 0.266 e. The van der Waals surface area contributed by atoms with Gasteiger partial charge in [0.05, 0.1) is 7.11 Å². The molecule has 0 bridgehead atoms. The zero-order valence-corrected chi connectivity index (χ0v) is 9.66. The number of halogens is 1. The molecule has 4 nitrogen and oxygen atoms in total. The van der Waals surface area contributed by atoms with Gasteiger partial charge in [0.15, 0.2) is 0 Å². The molecule has 1 rings (SSSR count). The molecule has 14 heavy (non-hydrogen) atoms. The van der Waals surface area contributed by atoms with E-state index in [1.165, 1.54) is 17.9 Å². The first-order chi connectivity index (χ1) is 6.77. The molecule has 0 aromatic carbocycles. The summed E-state index contributed by atoms with van der Waals surface area (Å²) in [6.07, 6.45) is 1.97. The molecule has 78 valence electrons. The highest BCUT2D eigenvalue weighted by Gasteiger charge is 1.99. The molecular formula is C9H13BrN2O2. The fourth-order valence-corrected chi connectivity index (χ4v) is 1.45. The summed E-state index contributed by atoms with van der Waals surface area (Å²) in [5, 5.41) is 4.98. The lowest BCUT2D eigenvalue weighted by atomic mass is 10.3. The van der Waals surface area contributed by atoms with Crippen molar-refractivity contribution in [2.45, 2.75) is 19.4 Å². The Hall–Kier alpha value is -0.840. The van der Waals surface area contributed by atoms with Gasteiger partial charge in [0.1, 0.15) is 0 Å². The summed E-state index contributed by atoms with van der Waals surface area (Å²) in [5.74, 6) is 0.475. The molecule has 5 heteroatoms. The SMILES string of the molecule is COc1ccc(=O)n(CCCCBr)n1. The van der Waals surface area contributed by atoms with Gasteiger partial charge in [-0.15, -0.1) is 5.10 Å². The van der Waals surface area contributed by atoms with Crippen molar-refractivity contribution in [1.82, 2.24) is 9.78 Å². The van der Waals surface area contributed by atoms with Gasteiger partial charge in [0.2, 0.25) is 5.88 Å². The average Bonchev–Trinajstić information content (AvgIpc) is 2.21. The molecule has 0 saturated carbocycles. The molecule has 0 spiro atoms. The number of alkyl halides is 1. The van der Waals surface area contributed by atoms with Gasteiger partial charge in [-0.1, -0.05) is 15.9 Å². The minimum Gasteiger partial charge on any atom is -0.480 e. The first kappa shape index (κ1) is 11.2. The first-order valence-corrected chi connectivity index (χ1v) is 5.58. The first-order valence-electron chi connectivity index (χ1n) is 4.46. The van der Waals surface area contributed by atoms with Gasteiger partial charge in [0, 0.05) is 24.0 Å². The monoisotopic (exact) mass is 260 g/mol. The second-order valence-electron chi connectivity index (χ2n) is 2.83. The van der Waals surface area contributed by atoms with E-state index < -0.39 is 0 Å². The number of hydrogen-bond acceptors (Lipinski definition) is 3. The Morgan fingerprint density at radius 1 is 1.50 bits per heavy atom. The maximum absolute atomic E-state index is 11.3. The van der Waals surface area contributed by atoms with Crippen LogP contribution in [-0.2, 0) is 6.54 Å². The van der Waals surface area contributed by atoms with Crippen molar-refractivity contribution in [2.24, 2.45) is 0 Å². The molecular weight excluding hydrogens is 248 g/mol. The van der Waals surface area contributed by atoms with Crippen molar-refractivity contribution in [3.05, 3.63) is 22.5 Å². The second kappa shape index (κ2) is 5.80. The van der Waals surface area contributed by atoms with Crippen molar-refractivity contribution >= 4 is 15.9 Å². The lowest BCUT2D eigenvalue weighted by Crippen LogP contribution is -2.22. The minimum atomic E-state index is -0.0830. The molecule has 1 aromatic heterocycles. The van der Waals surface area contributed by atoms with E-state index in [0.29, 0.717) is 12.4 Å². The molecule has 0 aliphatic rings. The zero-order chi connectivity index (χ0) is 10.4. The van der Waals surface area contributed by atoms with Crippen LogP contribution in [0.25, 0.3) is 0 Å². The van der Waals surface area contributed by atoms with E-state index in [4.69, 9.17) is 4.74 Å². The fraction of sp³-hybridized carbons (Fsp3) is 0.556. The topological polar surface area (TPSA) is 44.1 Å². The van der Waals surface area contributed by atoms with Gasteiger partial charge in [-0.2, -0.15) is 0 Å². The van der Waals surface area contributed by atoms with Gasteiger partial charge in [-0.05, 0) is 12.8 Å². The van der Waals surface area contributed by atoms with Crippen molar-refractivity contribution in [3.8, 4) is 5.88 Å². The summed E-state index contributed by atoms with van der Waals surface area (Å²) in [5.41, 5.74) is -0.0830. The summed E-state index contributed by atoms with van der Waals surface area (Å²) < 4.78 is 6.37. The molecule has 0 fully saturated rings. The maximum Gasteiger partial charge on any atom is 0.266 e. The number of methoxy groups -OCH3 is 1. The van der Waals surface area contributed by atoms with Crippen LogP contribution in [0.5, 0.6) is 5.88 Å². The van der Waals surface area contributed by atoms with Gasteiger partial charge >= 0.3 is 0 Å². The molecule has 0 aliphatic heterocycles. The quantitative estimate of drug-likeness (QED) is 0.595. The number of aryl methyl sites for hydroxylation is 1. The molecule has 0 atom stereocenters. The third-order valence-electron chi connectivity index (χ3n) is 1.80. The van der Waals surface area contributed by atoms with Crippen LogP contribution >= 0.6 is 15.9 Å². The van der Waals surface area contributed by atoms with Crippen LogP contribution in [0.4, 0.5) is 0 Å². The summed E-state index contributed by atoms with van der Waals surface area (Å²) in [7, 11) is 1.54. The van der Waals surface area contributed by atoms with Crippen molar-refractivity contribution in [1.29, 1.82) is 0 Å². The number of rotatable bonds is 5. The summed E-state index contributed by atoms with van der Waals surface area (Å²) in [4.78, 5) is 11.3. The highest BCUT2D eigenvalue weighted by molar-refractivity contribution is 9.09. The van der Waals surface area contributed by atoms with E-state index in [0.717, 1.165) is 18.2 Å². The summed E-state index contributed by atoms with van der Waals surface area (Å²) in [6, 6.07) is 3.04. The molecule has 0 saturated heterocycles. The van der Waals surface area contributed by atoms with E-state index in [-0.39, 0.29) is 5.56 Å². The van der Waals surface area contributed by atoms with Crippen molar-refractivity contribution in [2.75, 3.05) is 12.4 Å². The Morgan fingerprint density at radius 3 is 2.93 bits per heavy atom. The largest absolute Gasteiger partial charge is 0.480 e. The molecule has 0 N–H and O–H groups in total. The standard InChI is InChI=1S/C9H13BrN2O2/c1-14-8-4-5-9(13)12(11-8)7-3-2-6-10/h4-5H,2-3,6-7H2,1H3. The number of aromatic nitrogens is 2. The third-order valence-corrected chi connectivity index (χ3v) is 2.37. The Balaban J connectivity index is 2.69. The maximum atomic E-state index is 11.3. The Bertz CT molecular complexity index is 338. The Morgan fingerprint density at radius 2 is 2.29 bits per heavy atom. The number of nitrogens with zero attached hydrogens (tertiary/aromatic N) is 2. The van der Waals surface area contributed by atoms with Gasteiger partial charge in [-0.25, -0.2) is 4.68 Å². The van der Waals surface area contributed by atoms with Crippen molar-refractivity contribution < 1.29 is 4.74 Å². The lowest BCUT2D eigenvalue weighted by molar-refractivity contribution is 0.373. The van der Waals surface area contributed by atoms with E-state index in [9.17, 15) is 4.79 Å². The Labute approximate surface area is 91.0 Å². The predicted octanol–water partition coefficient (Wildman–Crippen LogP) is 1.43. The van der Waals surface area contributed by atoms with Gasteiger partial charge in [-0.3, -0.25) is 4.79 Å². The van der Waals surface area contributed by atoms with E-state index in [1.807, 2.05) is 0 Å². The number of ether oxygens (including phenoxy) is 1. The molecule has 0 amide bonds. The minimum absolute atomic E-state index is 0.0830. The van der Waals surface area contributed by atoms with Crippen LogP contribution in [0.3, 0.4) is 0 Å². The van der Waals surface area contributed by atoms with Crippen LogP contribution in [0.1, 0.15) is 12.8 Å². The van der Waals surface area contributed by atoms with Crippen LogP contribution in [0, 0.1) is 0 Å². The Kier molecular flexibility index (Phi) is 4.65. The van der Waals surface area contributed by atoms with Crippen LogP contribution in [0.15, 0.2) is 16.9 Å². The van der Waals surface area contributed by atoms with Crippen LogP contribution in [0.2, 0.25) is 0 Å². The van der Waals surface area contributed by atoms with Crippen LogP contribution < -0.4 is 10.3 Å². The van der Waals surface area contributed by atoms with E-state index in [2.05, 4.69) is 21.0 Å². The van der Waals surface area contributed by atoms with Crippen molar-refractivity contribution in [3.63, 3.8) is 0 Å². The predicted molar refractivity (Wildman–Crippen MR) is 58.1 cm³/mol. The second-order valence-corrected chi connectivity index (χ2v) is 3.63. The zero-order valence-electron chi connectivity index (χ0n) is 8.07. The highest BCUT2D eigenvalue weighted by Crippen LogP contribution is 2.01. The molecule has 0 unspecified atom stereocenters. The lowest BCUT2D eigenvalue weighted by Gasteiger charge is -2.04. The number of hydrogen-bond donors (Lipinski definition) is 0. The molecule has 0 aliphatic carbocycles. The number of unbranched alkanes of at least 4 members (excludes halogenated alkanes) is 1. The van der Waals surface area contributed by atoms with Gasteiger partial charge in [0.25, 0.3) is 5.56 Å². The highest BCUT2D eigenvalue weighted by atomic mass is 79.9. The normalized spacial score (nSPS) is 10.1. The fourth-order valence-electron chi connectivity index (χ4n) is 1.06. The van der Waals surface area contributed by atoms with Crippen LogP contribution in [-0.4, -0.2) is 22.2 Å².